The molecule has 2 aromatic rings. The fraction of sp³-hybridized carbons (Fsp3) is 0.438. The normalized spacial score (nSPS) is 29.2. The molecule has 2 saturated carbocycles. The van der Waals surface area contributed by atoms with Crippen LogP contribution >= 0.6 is 15.9 Å². The molecule has 98 valence electrons. The topological polar surface area (TPSA) is 32.9 Å². The summed E-state index contributed by atoms with van der Waals surface area (Å²) in [6.45, 7) is 0. The number of halogens is 1. The lowest BCUT2D eigenvalue weighted by Gasteiger charge is -2.20. The van der Waals surface area contributed by atoms with E-state index in [1.54, 1.807) is 0 Å². The molecule has 1 aromatic carbocycles. The molecular formula is C16H16BrNO. The largest absolute Gasteiger partial charge is 0.360 e. The number of H-pyrrole nitrogens is 1. The van der Waals surface area contributed by atoms with E-state index in [0.717, 1.165) is 33.3 Å². The lowest BCUT2D eigenvalue weighted by Crippen LogP contribution is -2.20. The number of carbonyl (C=O) groups excluding carboxylic acids is 1. The van der Waals surface area contributed by atoms with Crippen molar-refractivity contribution in [3.05, 3.63) is 34.4 Å². The number of nitrogens with one attached hydrogen (secondary N) is 1. The van der Waals surface area contributed by atoms with E-state index in [4.69, 9.17) is 0 Å². The van der Waals surface area contributed by atoms with Gasteiger partial charge in [-0.15, -0.1) is 0 Å². The molecule has 0 amide bonds. The summed E-state index contributed by atoms with van der Waals surface area (Å²) in [5.74, 6) is 2.08. The molecule has 2 aliphatic rings. The molecule has 2 bridgehead atoms. The lowest BCUT2D eigenvalue weighted by molar-refractivity contribution is 0.0876. The van der Waals surface area contributed by atoms with Gasteiger partial charge >= 0.3 is 0 Å². The van der Waals surface area contributed by atoms with Gasteiger partial charge in [-0.05, 0) is 43.2 Å². The van der Waals surface area contributed by atoms with Crippen LogP contribution in [0.15, 0.2) is 28.9 Å². The highest BCUT2D eigenvalue weighted by molar-refractivity contribution is 9.10. The summed E-state index contributed by atoms with van der Waals surface area (Å²) in [5, 5.41) is 1.05. The highest BCUT2D eigenvalue weighted by Gasteiger charge is 2.43. The maximum absolute atomic E-state index is 12.8. The zero-order chi connectivity index (χ0) is 13.0. The van der Waals surface area contributed by atoms with E-state index >= 15 is 0 Å². The fourth-order valence-electron chi connectivity index (χ4n) is 4.10. The van der Waals surface area contributed by atoms with Crippen molar-refractivity contribution in [2.45, 2.75) is 25.7 Å². The van der Waals surface area contributed by atoms with Gasteiger partial charge in [-0.25, -0.2) is 0 Å². The molecule has 19 heavy (non-hydrogen) atoms. The third kappa shape index (κ3) is 1.71. The Balaban J connectivity index is 1.76. The van der Waals surface area contributed by atoms with Crippen molar-refractivity contribution in [1.29, 1.82) is 0 Å². The minimum Gasteiger partial charge on any atom is -0.360 e. The van der Waals surface area contributed by atoms with E-state index in [0.29, 0.717) is 11.7 Å². The van der Waals surface area contributed by atoms with Gasteiger partial charge in [-0.2, -0.15) is 0 Å². The molecule has 2 fully saturated rings. The van der Waals surface area contributed by atoms with Crippen molar-refractivity contribution >= 4 is 32.6 Å². The van der Waals surface area contributed by atoms with Gasteiger partial charge in [0.15, 0.2) is 5.78 Å². The Kier molecular flexibility index (Phi) is 2.59. The number of aromatic nitrogens is 1. The van der Waals surface area contributed by atoms with Gasteiger partial charge in [-0.1, -0.05) is 28.4 Å². The van der Waals surface area contributed by atoms with E-state index in [2.05, 4.69) is 20.9 Å². The first-order valence-corrected chi connectivity index (χ1v) is 7.83. The molecule has 0 radical (unpaired) electrons. The minimum atomic E-state index is 0.268. The maximum atomic E-state index is 12.8. The highest BCUT2D eigenvalue weighted by atomic mass is 79.9. The zero-order valence-corrected chi connectivity index (χ0v) is 12.2. The van der Waals surface area contributed by atoms with Crippen LogP contribution in [-0.4, -0.2) is 10.8 Å². The number of benzene rings is 1. The number of fused-ring (bicyclic) bond motifs is 3. The van der Waals surface area contributed by atoms with Crippen molar-refractivity contribution in [3.8, 4) is 0 Å². The first-order valence-electron chi connectivity index (χ1n) is 7.04. The van der Waals surface area contributed by atoms with E-state index in [1.807, 2.05) is 24.4 Å². The Morgan fingerprint density at radius 3 is 2.89 bits per heavy atom. The predicted octanol–water partition coefficient (Wildman–Crippen LogP) is 4.55. The summed E-state index contributed by atoms with van der Waals surface area (Å²) in [7, 11) is 0. The van der Waals surface area contributed by atoms with Crippen molar-refractivity contribution in [1.82, 2.24) is 4.98 Å². The Morgan fingerprint density at radius 2 is 2.16 bits per heavy atom. The summed E-state index contributed by atoms with van der Waals surface area (Å²) >= 11 is 3.57. The van der Waals surface area contributed by atoms with Crippen LogP contribution in [0.2, 0.25) is 0 Å². The second kappa shape index (κ2) is 4.20. The van der Waals surface area contributed by atoms with Crippen LogP contribution < -0.4 is 0 Å². The predicted molar refractivity (Wildman–Crippen MR) is 79.3 cm³/mol. The quantitative estimate of drug-likeness (QED) is 0.810. The van der Waals surface area contributed by atoms with Crippen LogP contribution in [0.25, 0.3) is 10.9 Å². The van der Waals surface area contributed by atoms with Crippen LogP contribution in [0, 0.1) is 17.8 Å². The fourth-order valence-corrected chi connectivity index (χ4v) is 4.68. The van der Waals surface area contributed by atoms with E-state index in [-0.39, 0.29) is 5.92 Å². The van der Waals surface area contributed by atoms with Crippen molar-refractivity contribution < 1.29 is 4.79 Å². The van der Waals surface area contributed by atoms with Gasteiger partial charge in [0.2, 0.25) is 0 Å². The Morgan fingerprint density at radius 1 is 1.26 bits per heavy atom. The number of ketones is 1. The molecule has 1 heterocycles. The molecule has 1 aromatic heterocycles. The average molecular weight is 318 g/mol. The summed E-state index contributed by atoms with van der Waals surface area (Å²) in [4.78, 5) is 16.0. The smallest absolute Gasteiger partial charge is 0.168 e. The first kappa shape index (κ1) is 11.7. The maximum Gasteiger partial charge on any atom is 0.168 e. The molecule has 3 unspecified atom stereocenters. The number of hydrogen-bond donors (Lipinski definition) is 1. The Labute approximate surface area is 120 Å². The molecule has 4 rings (SSSR count). The minimum absolute atomic E-state index is 0.268. The van der Waals surface area contributed by atoms with Gasteiger partial charge in [-0.3, -0.25) is 4.79 Å². The second-order valence-electron chi connectivity index (χ2n) is 6.01. The zero-order valence-electron chi connectivity index (χ0n) is 10.7. The van der Waals surface area contributed by atoms with E-state index < -0.39 is 0 Å². The van der Waals surface area contributed by atoms with Gasteiger partial charge in [0.05, 0.1) is 0 Å². The molecule has 2 aliphatic carbocycles. The molecule has 3 atom stereocenters. The Bertz CT molecular complexity index is 660. The van der Waals surface area contributed by atoms with Crippen molar-refractivity contribution in [3.63, 3.8) is 0 Å². The third-order valence-electron chi connectivity index (χ3n) is 5.00. The van der Waals surface area contributed by atoms with E-state index in [9.17, 15) is 4.79 Å². The monoisotopic (exact) mass is 317 g/mol. The first-order chi connectivity index (χ1) is 9.24. The second-order valence-corrected chi connectivity index (χ2v) is 6.86. The number of hydrogen-bond acceptors (Lipinski definition) is 1. The van der Waals surface area contributed by atoms with Gasteiger partial charge in [0.25, 0.3) is 0 Å². The SMILES string of the molecule is O=C(c1c[nH]c2cccc(Br)c12)C1CC2CCC1C2. The molecule has 0 aliphatic heterocycles. The lowest BCUT2D eigenvalue weighted by atomic mass is 9.83. The van der Waals surface area contributed by atoms with E-state index in [1.165, 1.54) is 19.3 Å². The standard InChI is InChI=1S/C16H16BrNO/c17-13-2-1-3-14-15(13)12(8-18-14)16(19)11-7-9-4-5-10(11)6-9/h1-3,8-11,18H,4-7H2. The van der Waals surface area contributed by atoms with Crippen LogP contribution in [0.5, 0.6) is 0 Å². The number of carbonyl (C=O) groups is 1. The summed E-state index contributed by atoms with van der Waals surface area (Å²) < 4.78 is 1.01. The molecular weight excluding hydrogens is 302 g/mol. The van der Waals surface area contributed by atoms with Gasteiger partial charge in [0, 0.05) is 33.1 Å². The summed E-state index contributed by atoms with van der Waals surface area (Å²) in [6.07, 6.45) is 6.88. The summed E-state index contributed by atoms with van der Waals surface area (Å²) in [6, 6.07) is 6.03. The Hall–Kier alpha value is -1.09. The molecule has 1 N–H and O–H groups in total. The van der Waals surface area contributed by atoms with Crippen LogP contribution in [-0.2, 0) is 0 Å². The van der Waals surface area contributed by atoms with Gasteiger partial charge < -0.3 is 4.98 Å². The third-order valence-corrected chi connectivity index (χ3v) is 5.66. The number of rotatable bonds is 2. The van der Waals surface area contributed by atoms with Crippen molar-refractivity contribution in [2.75, 3.05) is 0 Å². The van der Waals surface area contributed by atoms with Crippen LogP contribution in [0.1, 0.15) is 36.0 Å². The number of Topliss-reactive ketones (excluding diaryl/α,β-unsaturated/α-hetero) is 1. The highest BCUT2D eigenvalue weighted by Crippen LogP contribution is 2.49. The molecule has 0 saturated heterocycles. The van der Waals surface area contributed by atoms with Crippen molar-refractivity contribution in [2.24, 2.45) is 17.8 Å². The molecule has 2 nitrogen and oxygen atoms in total. The molecule has 0 spiro atoms. The van der Waals surface area contributed by atoms with Crippen LogP contribution in [0.4, 0.5) is 0 Å². The van der Waals surface area contributed by atoms with Gasteiger partial charge in [0.1, 0.15) is 0 Å². The summed E-state index contributed by atoms with van der Waals surface area (Å²) in [5.41, 5.74) is 1.92. The number of aromatic amines is 1. The van der Waals surface area contributed by atoms with Crippen LogP contribution in [0.3, 0.4) is 0 Å². The average Bonchev–Trinajstić information content (AvgIpc) is 3.12. The molecule has 3 heteroatoms.